The lowest BCUT2D eigenvalue weighted by atomic mass is 9.80. The molecule has 6 nitrogen and oxygen atoms in total. The van der Waals surface area contributed by atoms with Crippen molar-refractivity contribution >= 4 is 47.6 Å². The van der Waals surface area contributed by atoms with E-state index in [1.807, 2.05) is 0 Å². The molecule has 0 spiro atoms. The summed E-state index contributed by atoms with van der Waals surface area (Å²) in [5.74, 6) is 0.709. The predicted molar refractivity (Wildman–Crippen MR) is 173 cm³/mol. The highest BCUT2D eigenvalue weighted by Crippen LogP contribution is 2.57. The topological polar surface area (TPSA) is 65.4 Å². The van der Waals surface area contributed by atoms with E-state index in [4.69, 9.17) is 4.74 Å². The van der Waals surface area contributed by atoms with Gasteiger partial charge in [-0.05, 0) is 85.3 Å². The molecule has 0 amide bonds. The van der Waals surface area contributed by atoms with Crippen molar-refractivity contribution in [2.75, 3.05) is 53.0 Å². The van der Waals surface area contributed by atoms with E-state index < -0.39 is 5.97 Å². The van der Waals surface area contributed by atoms with Crippen LogP contribution < -0.4 is 0 Å². The maximum Gasteiger partial charge on any atom is 0.361 e. The third-order valence-corrected chi connectivity index (χ3v) is 10.8. The molecule has 9 heteroatoms. The molecule has 1 unspecified atom stereocenters. The molecule has 1 saturated heterocycles. The first kappa shape index (κ1) is 32.4. The lowest BCUT2D eigenvalue weighted by molar-refractivity contribution is -0.129. The van der Waals surface area contributed by atoms with Crippen LogP contribution in [0, 0.1) is 17.8 Å². The molecule has 2 fully saturated rings. The lowest BCUT2D eigenvalue weighted by Gasteiger charge is -2.34. The van der Waals surface area contributed by atoms with Gasteiger partial charge in [-0.1, -0.05) is 48.7 Å². The second kappa shape index (κ2) is 14.3. The van der Waals surface area contributed by atoms with E-state index in [1.165, 1.54) is 102 Å². The number of hydrogen-bond acceptors (Lipinski definition) is 6. The number of rotatable bonds is 8. The number of allylic oxidation sites excluding steroid dienone is 7. The second-order valence-electron chi connectivity index (χ2n) is 12.2. The van der Waals surface area contributed by atoms with Crippen molar-refractivity contribution < 1.29 is 14.6 Å². The molecular weight excluding hydrogens is 577 g/mol. The van der Waals surface area contributed by atoms with Gasteiger partial charge in [0, 0.05) is 56.9 Å². The van der Waals surface area contributed by atoms with E-state index in [9.17, 15) is 9.90 Å². The van der Waals surface area contributed by atoms with Gasteiger partial charge in [0.1, 0.15) is 0 Å². The van der Waals surface area contributed by atoms with Crippen molar-refractivity contribution in [1.29, 1.82) is 0 Å². The largest absolute Gasteiger partial charge is 0.476 e. The molecule has 41 heavy (non-hydrogen) atoms. The van der Waals surface area contributed by atoms with Crippen LogP contribution in [0.25, 0.3) is 0 Å². The minimum absolute atomic E-state index is 0. The Bertz CT molecular complexity index is 1200. The van der Waals surface area contributed by atoms with Gasteiger partial charge in [0.05, 0.1) is 6.54 Å². The standard InChI is InChI=1S/C32H43N3O3S.2ClH/c1-21-10-11-25-27(21)26-20-35(15-14-34-13-6-7-22(18-34)12-16-38-2)19-24-17-33-31(32(36)37)39-30(24)29(26)28(25)23-8-4-3-5-9-23;;/h10-11,20,22-23,27H,3-9,12-19H2,1-2H3,(H,36,37);2*1H/t22-,27?;;/m0../s1. The number of ether oxygens (including phenoxy) is 1. The number of aliphatic imine (C=N–C) groups is 1. The quantitative estimate of drug-likeness (QED) is 0.327. The number of likely N-dealkylation sites (tertiary alicyclic amines) is 1. The van der Waals surface area contributed by atoms with Crippen LogP contribution in [0.4, 0.5) is 0 Å². The van der Waals surface area contributed by atoms with E-state index in [-0.39, 0.29) is 29.9 Å². The Labute approximate surface area is 261 Å². The number of halogens is 2. The number of thioether (sulfide) groups is 1. The molecule has 0 aromatic rings. The predicted octanol–water partition coefficient (Wildman–Crippen LogP) is 6.66. The normalized spacial score (nSPS) is 26.5. The Morgan fingerprint density at radius 2 is 1.90 bits per heavy atom. The number of carboxylic acid groups (broad SMARTS) is 1. The van der Waals surface area contributed by atoms with Crippen molar-refractivity contribution in [3.8, 4) is 0 Å². The van der Waals surface area contributed by atoms with Gasteiger partial charge in [-0.3, -0.25) is 4.99 Å². The van der Waals surface area contributed by atoms with Crippen molar-refractivity contribution in [2.45, 2.75) is 58.3 Å². The first-order chi connectivity index (χ1) is 19.0. The molecule has 6 aliphatic rings. The van der Waals surface area contributed by atoms with Gasteiger partial charge in [-0.2, -0.15) is 0 Å². The third-order valence-electron chi connectivity index (χ3n) is 9.58. The summed E-state index contributed by atoms with van der Waals surface area (Å²) in [5, 5.41) is 10.1. The van der Waals surface area contributed by atoms with E-state index >= 15 is 0 Å². The van der Waals surface area contributed by atoms with Crippen molar-refractivity contribution in [1.82, 2.24) is 9.80 Å². The summed E-state index contributed by atoms with van der Waals surface area (Å²) >= 11 is 1.41. The summed E-state index contributed by atoms with van der Waals surface area (Å²) in [5.41, 5.74) is 8.45. The Kier molecular flexibility index (Phi) is 11.3. The summed E-state index contributed by atoms with van der Waals surface area (Å²) in [4.78, 5) is 22.9. The van der Waals surface area contributed by atoms with Crippen molar-refractivity contribution in [3.05, 3.63) is 56.7 Å². The van der Waals surface area contributed by atoms with Gasteiger partial charge < -0.3 is 19.6 Å². The van der Waals surface area contributed by atoms with Crippen molar-refractivity contribution in [3.63, 3.8) is 0 Å². The van der Waals surface area contributed by atoms with Crippen LogP contribution in [-0.4, -0.2) is 78.9 Å². The molecular formula is C32H45Cl2N3O3S. The Morgan fingerprint density at radius 1 is 1.10 bits per heavy atom. The van der Waals surface area contributed by atoms with Gasteiger partial charge in [0.15, 0.2) is 5.04 Å². The zero-order valence-electron chi connectivity index (χ0n) is 24.4. The van der Waals surface area contributed by atoms with Gasteiger partial charge in [0.25, 0.3) is 0 Å². The average Bonchev–Trinajstić information content (AvgIpc) is 3.43. The second-order valence-corrected chi connectivity index (χ2v) is 13.2. The lowest BCUT2D eigenvalue weighted by Crippen LogP contribution is -2.40. The van der Waals surface area contributed by atoms with Crippen LogP contribution in [0.3, 0.4) is 0 Å². The fourth-order valence-electron chi connectivity index (χ4n) is 7.66. The van der Waals surface area contributed by atoms with Gasteiger partial charge >= 0.3 is 5.97 Å². The Morgan fingerprint density at radius 3 is 2.66 bits per heavy atom. The maximum absolute atomic E-state index is 12.0. The number of carbonyl (C=O) groups is 1. The van der Waals surface area contributed by atoms with E-state index in [1.54, 1.807) is 7.11 Å². The summed E-state index contributed by atoms with van der Waals surface area (Å²) in [6, 6.07) is 0. The summed E-state index contributed by atoms with van der Waals surface area (Å²) in [6.07, 6.45) is 17.3. The van der Waals surface area contributed by atoms with Crippen LogP contribution in [0.1, 0.15) is 58.3 Å². The monoisotopic (exact) mass is 621 g/mol. The van der Waals surface area contributed by atoms with Gasteiger partial charge in [-0.15, -0.1) is 24.8 Å². The highest BCUT2D eigenvalue weighted by molar-refractivity contribution is 8.19. The molecule has 6 rings (SSSR count). The van der Waals surface area contributed by atoms with Crippen LogP contribution in [0.5, 0.6) is 0 Å². The number of piperidine rings is 1. The fourth-order valence-corrected chi connectivity index (χ4v) is 8.67. The van der Waals surface area contributed by atoms with Crippen LogP contribution >= 0.6 is 36.6 Å². The third kappa shape index (κ3) is 6.70. The molecule has 226 valence electrons. The molecule has 3 heterocycles. The van der Waals surface area contributed by atoms with Gasteiger partial charge in [0.2, 0.25) is 0 Å². The molecule has 0 aromatic heterocycles. The highest BCUT2D eigenvalue weighted by atomic mass is 35.5. The molecule has 0 radical (unpaired) electrons. The molecule has 0 bridgehead atoms. The number of carboxylic acids is 1. The van der Waals surface area contributed by atoms with E-state index in [0.717, 1.165) is 45.1 Å². The fraction of sp³-hybridized carbons (Fsp3) is 0.625. The van der Waals surface area contributed by atoms with Crippen LogP contribution in [0.15, 0.2) is 61.7 Å². The molecule has 2 atom stereocenters. The summed E-state index contributed by atoms with van der Waals surface area (Å²) in [6.45, 7) is 8.83. The zero-order chi connectivity index (χ0) is 26.9. The number of fused-ring (bicyclic) bond motifs is 4. The van der Waals surface area contributed by atoms with Crippen LogP contribution in [0.2, 0.25) is 0 Å². The Balaban J connectivity index is 0.00000194. The number of nitrogens with zero attached hydrogens (tertiary/aromatic N) is 3. The SMILES string of the molecule is COCC[C@@H]1CCCN(CCN2C=C3C(=C(C4CCCCC4)C4=CC=C(C)C34)C3=C(CN=C(C(=O)O)S3)C2)C1.Cl.Cl. The van der Waals surface area contributed by atoms with E-state index in [0.29, 0.717) is 18.4 Å². The Hall–Kier alpha value is -1.51. The summed E-state index contributed by atoms with van der Waals surface area (Å²) in [7, 11) is 1.80. The van der Waals surface area contributed by atoms with Crippen molar-refractivity contribution in [2.24, 2.45) is 22.7 Å². The smallest absolute Gasteiger partial charge is 0.361 e. The number of aliphatic carboxylic acids is 1. The molecule has 0 aromatic carbocycles. The zero-order valence-corrected chi connectivity index (χ0v) is 26.9. The summed E-state index contributed by atoms with van der Waals surface area (Å²) < 4.78 is 5.35. The molecule has 3 aliphatic carbocycles. The number of hydrogen-bond donors (Lipinski definition) is 1. The molecule has 3 aliphatic heterocycles. The first-order valence-corrected chi connectivity index (χ1v) is 15.8. The van der Waals surface area contributed by atoms with Crippen LogP contribution in [-0.2, 0) is 9.53 Å². The average molecular weight is 623 g/mol. The van der Waals surface area contributed by atoms with Gasteiger partial charge in [-0.25, -0.2) is 4.79 Å². The highest BCUT2D eigenvalue weighted by Gasteiger charge is 2.44. The minimum atomic E-state index is -0.903. The molecule has 1 saturated carbocycles. The first-order valence-electron chi connectivity index (χ1n) is 15.0. The molecule has 1 N–H and O–H groups in total. The van der Waals surface area contributed by atoms with E-state index in [2.05, 4.69) is 40.1 Å². The number of methoxy groups -OCH3 is 1. The maximum atomic E-state index is 12.0. The minimum Gasteiger partial charge on any atom is -0.476 e.